The molecule has 1 aliphatic heterocycles. The molecule has 0 spiro atoms. The van der Waals surface area contributed by atoms with Gasteiger partial charge < -0.3 is 24.8 Å². The molecule has 2 N–H and O–H groups in total. The number of methoxy groups -OCH3 is 1. The summed E-state index contributed by atoms with van der Waals surface area (Å²) in [5.74, 6) is 2.55. The third kappa shape index (κ3) is 3.46. The zero-order valence-electron chi connectivity index (χ0n) is 16.3. The Hall–Kier alpha value is -3.85. The number of rotatable bonds is 7. The Bertz CT molecular complexity index is 1180. The van der Waals surface area contributed by atoms with Crippen molar-refractivity contribution in [3.05, 3.63) is 54.7 Å². The Morgan fingerprint density at radius 2 is 1.93 bits per heavy atom. The Kier molecular flexibility index (Phi) is 4.78. The number of fused-ring (bicyclic) bond motifs is 2. The fraction of sp³-hybridized carbons (Fsp3) is 0.190. The van der Waals surface area contributed by atoms with Gasteiger partial charge in [-0.3, -0.25) is 0 Å². The van der Waals surface area contributed by atoms with Crippen LogP contribution in [-0.4, -0.2) is 46.8 Å². The zero-order valence-corrected chi connectivity index (χ0v) is 16.3. The van der Waals surface area contributed by atoms with Crippen LogP contribution in [0.2, 0.25) is 0 Å². The maximum atomic E-state index is 5.48. The minimum absolute atomic E-state index is 0.230. The lowest BCUT2D eigenvalue weighted by molar-refractivity contribution is 0.174. The highest BCUT2D eigenvalue weighted by Gasteiger charge is 2.17. The molecule has 1 aliphatic rings. The predicted molar refractivity (Wildman–Crippen MR) is 113 cm³/mol. The molecule has 0 fully saturated rings. The van der Waals surface area contributed by atoms with Gasteiger partial charge in [-0.05, 0) is 24.3 Å². The van der Waals surface area contributed by atoms with E-state index in [4.69, 9.17) is 14.2 Å². The number of ether oxygens (including phenoxy) is 3. The summed E-state index contributed by atoms with van der Waals surface area (Å²) in [6, 6.07) is 15.5. The fourth-order valence-electron chi connectivity index (χ4n) is 3.22. The molecule has 0 radical (unpaired) electrons. The van der Waals surface area contributed by atoms with Gasteiger partial charge in [0.25, 0.3) is 0 Å². The summed E-state index contributed by atoms with van der Waals surface area (Å²) in [6.07, 6.45) is 1.76. The van der Waals surface area contributed by atoms with Gasteiger partial charge in [-0.1, -0.05) is 18.2 Å². The topological polar surface area (TPSA) is 95.4 Å². The van der Waals surface area contributed by atoms with Crippen molar-refractivity contribution in [1.82, 2.24) is 19.7 Å². The second kappa shape index (κ2) is 7.88. The van der Waals surface area contributed by atoms with Crippen LogP contribution in [0, 0.1) is 0 Å². The van der Waals surface area contributed by atoms with E-state index in [9.17, 15) is 0 Å². The summed E-state index contributed by atoms with van der Waals surface area (Å²) in [7, 11) is 1.66. The first kappa shape index (κ1) is 18.2. The Labute approximate surface area is 172 Å². The quantitative estimate of drug-likeness (QED) is 0.453. The van der Waals surface area contributed by atoms with Crippen LogP contribution in [0.4, 0.5) is 17.5 Å². The van der Waals surface area contributed by atoms with E-state index in [-0.39, 0.29) is 6.79 Å². The van der Waals surface area contributed by atoms with Crippen molar-refractivity contribution in [2.24, 2.45) is 0 Å². The van der Waals surface area contributed by atoms with E-state index >= 15 is 0 Å². The average molecular weight is 404 g/mol. The molecular weight excluding hydrogens is 384 g/mol. The molecule has 9 heteroatoms. The number of nitrogens with zero attached hydrogens (tertiary/aromatic N) is 4. The summed E-state index contributed by atoms with van der Waals surface area (Å²) < 4.78 is 17.8. The molecule has 3 heterocycles. The summed E-state index contributed by atoms with van der Waals surface area (Å²) in [5, 5.41) is 11.9. The average Bonchev–Trinajstić information content (AvgIpc) is 3.41. The van der Waals surface area contributed by atoms with E-state index in [0.29, 0.717) is 36.3 Å². The number of hydrogen-bond donors (Lipinski definition) is 2. The molecule has 0 amide bonds. The standard InChI is InChI=1S/C21H20N6O3/c1-28-10-9-22-21-25-19(24-14-7-8-17-18(11-14)30-13-29-17)16-12-23-27(20(16)26-21)15-5-3-2-4-6-15/h2-8,11-12H,9-10,13H2,1H3,(H2,22,24,25,26). The Morgan fingerprint density at radius 3 is 2.80 bits per heavy atom. The molecule has 0 saturated heterocycles. The lowest BCUT2D eigenvalue weighted by Gasteiger charge is -2.11. The van der Waals surface area contributed by atoms with Gasteiger partial charge in [-0.15, -0.1) is 0 Å². The smallest absolute Gasteiger partial charge is 0.231 e. The van der Waals surface area contributed by atoms with Crippen LogP contribution in [-0.2, 0) is 4.74 Å². The largest absolute Gasteiger partial charge is 0.454 e. The maximum Gasteiger partial charge on any atom is 0.231 e. The van der Waals surface area contributed by atoms with Crippen LogP contribution in [0.15, 0.2) is 54.7 Å². The highest BCUT2D eigenvalue weighted by atomic mass is 16.7. The molecule has 2 aromatic carbocycles. The molecule has 30 heavy (non-hydrogen) atoms. The van der Waals surface area contributed by atoms with Crippen molar-refractivity contribution >= 4 is 28.5 Å². The van der Waals surface area contributed by atoms with Crippen LogP contribution in [0.5, 0.6) is 11.5 Å². The Morgan fingerprint density at radius 1 is 1.07 bits per heavy atom. The van der Waals surface area contributed by atoms with Crippen LogP contribution >= 0.6 is 0 Å². The third-order valence-electron chi connectivity index (χ3n) is 4.65. The lowest BCUT2D eigenvalue weighted by Crippen LogP contribution is -2.11. The number of anilines is 3. The second-order valence-corrected chi connectivity index (χ2v) is 6.64. The molecule has 152 valence electrons. The highest BCUT2D eigenvalue weighted by molar-refractivity contribution is 5.90. The zero-order chi connectivity index (χ0) is 20.3. The van der Waals surface area contributed by atoms with E-state index < -0.39 is 0 Å². The number of benzene rings is 2. The fourth-order valence-corrected chi connectivity index (χ4v) is 3.22. The number of aromatic nitrogens is 4. The molecule has 0 saturated carbocycles. The summed E-state index contributed by atoms with van der Waals surface area (Å²) in [5.41, 5.74) is 2.44. The third-order valence-corrected chi connectivity index (χ3v) is 4.65. The molecular formula is C21H20N6O3. The number of hydrogen-bond acceptors (Lipinski definition) is 8. The van der Waals surface area contributed by atoms with Gasteiger partial charge >= 0.3 is 0 Å². The molecule has 2 aromatic heterocycles. The number of nitrogens with one attached hydrogen (secondary N) is 2. The van der Waals surface area contributed by atoms with E-state index in [0.717, 1.165) is 22.5 Å². The summed E-state index contributed by atoms with van der Waals surface area (Å²) in [4.78, 5) is 9.34. The van der Waals surface area contributed by atoms with E-state index in [1.807, 2.05) is 48.5 Å². The van der Waals surface area contributed by atoms with Crippen molar-refractivity contribution in [2.75, 3.05) is 37.7 Å². The summed E-state index contributed by atoms with van der Waals surface area (Å²) in [6.45, 7) is 1.36. The van der Waals surface area contributed by atoms with Crippen molar-refractivity contribution in [2.45, 2.75) is 0 Å². The minimum Gasteiger partial charge on any atom is -0.454 e. The molecule has 0 bridgehead atoms. The van der Waals surface area contributed by atoms with Gasteiger partial charge in [0.2, 0.25) is 12.7 Å². The summed E-state index contributed by atoms with van der Waals surface area (Å²) >= 11 is 0. The lowest BCUT2D eigenvalue weighted by atomic mass is 10.2. The van der Waals surface area contributed by atoms with E-state index in [2.05, 4.69) is 25.7 Å². The molecule has 5 rings (SSSR count). The monoisotopic (exact) mass is 404 g/mol. The van der Waals surface area contributed by atoms with Crippen LogP contribution in [0.25, 0.3) is 16.7 Å². The van der Waals surface area contributed by atoms with Gasteiger partial charge in [0.15, 0.2) is 17.1 Å². The van der Waals surface area contributed by atoms with Crippen molar-refractivity contribution in [3.8, 4) is 17.2 Å². The second-order valence-electron chi connectivity index (χ2n) is 6.64. The van der Waals surface area contributed by atoms with Gasteiger partial charge in [0.05, 0.1) is 23.9 Å². The van der Waals surface area contributed by atoms with Crippen molar-refractivity contribution in [1.29, 1.82) is 0 Å². The molecule has 9 nitrogen and oxygen atoms in total. The van der Waals surface area contributed by atoms with Gasteiger partial charge in [0, 0.05) is 25.4 Å². The van der Waals surface area contributed by atoms with Crippen LogP contribution in [0.3, 0.4) is 0 Å². The first-order valence-electron chi connectivity index (χ1n) is 9.52. The predicted octanol–water partition coefficient (Wildman–Crippen LogP) is 3.35. The van der Waals surface area contributed by atoms with Gasteiger partial charge in [-0.25, -0.2) is 4.68 Å². The Balaban J connectivity index is 1.56. The van der Waals surface area contributed by atoms with Crippen LogP contribution < -0.4 is 20.1 Å². The first-order valence-corrected chi connectivity index (χ1v) is 9.52. The highest BCUT2D eigenvalue weighted by Crippen LogP contribution is 2.36. The van der Waals surface area contributed by atoms with Gasteiger partial charge in [0.1, 0.15) is 5.82 Å². The van der Waals surface area contributed by atoms with Gasteiger partial charge in [-0.2, -0.15) is 15.1 Å². The van der Waals surface area contributed by atoms with Crippen molar-refractivity contribution in [3.63, 3.8) is 0 Å². The first-order chi connectivity index (χ1) is 14.8. The SMILES string of the molecule is COCCNc1nc(Nc2ccc3c(c2)OCO3)c2cnn(-c3ccccc3)c2n1. The van der Waals surface area contributed by atoms with E-state index in [1.54, 1.807) is 18.0 Å². The molecule has 0 atom stereocenters. The van der Waals surface area contributed by atoms with Crippen LogP contribution in [0.1, 0.15) is 0 Å². The van der Waals surface area contributed by atoms with Crippen molar-refractivity contribution < 1.29 is 14.2 Å². The number of para-hydroxylation sites is 1. The van der Waals surface area contributed by atoms with E-state index in [1.165, 1.54) is 0 Å². The molecule has 4 aromatic rings. The minimum atomic E-state index is 0.230. The molecule has 0 aliphatic carbocycles. The maximum absolute atomic E-state index is 5.48. The molecule has 0 unspecified atom stereocenters. The normalized spacial score (nSPS) is 12.3.